The van der Waals surface area contributed by atoms with Crippen LogP contribution in [0, 0.1) is 13.8 Å². The molecule has 0 aliphatic carbocycles. The van der Waals surface area contributed by atoms with Gasteiger partial charge in [0.2, 0.25) is 0 Å². The molecule has 1 aromatic heterocycles. The average Bonchev–Trinajstić information content (AvgIpc) is 2.48. The van der Waals surface area contributed by atoms with Crippen LogP contribution in [0.3, 0.4) is 0 Å². The van der Waals surface area contributed by atoms with Gasteiger partial charge in [0.05, 0.1) is 10.8 Å². The van der Waals surface area contributed by atoms with Crippen molar-refractivity contribution in [1.29, 1.82) is 0 Å². The van der Waals surface area contributed by atoms with E-state index in [2.05, 4.69) is 0 Å². The third-order valence-corrected chi connectivity index (χ3v) is 3.42. The maximum atomic E-state index is 12.0. The van der Waals surface area contributed by atoms with Gasteiger partial charge in [-0.1, -0.05) is 24.3 Å². The molecule has 0 N–H and O–H groups in total. The van der Waals surface area contributed by atoms with Crippen LogP contribution in [0.15, 0.2) is 50.4 Å². The molecule has 0 atom stereocenters. The van der Waals surface area contributed by atoms with Crippen molar-refractivity contribution in [3.63, 3.8) is 0 Å². The predicted molar refractivity (Wildman–Crippen MR) is 75.7 cm³/mol. The molecule has 3 aromatic rings. The summed E-state index contributed by atoms with van der Waals surface area (Å²) in [5.74, 6) is 0. The van der Waals surface area contributed by atoms with Crippen LogP contribution < -0.4 is 11.3 Å². The van der Waals surface area contributed by atoms with Gasteiger partial charge in [-0.15, -0.1) is 0 Å². The first-order valence-corrected chi connectivity index (χ1v) is 6.05. The SMILES string of the molecule is Cc1cccc2c(=O)oc(=O)c3cccc(C)c3c12. The van der Waals surface area contributed by atoms with Crippen LogP contribution in [0.5, 0.6) is 0 Å². The van der Waals surface area contributed by atoms with Gasteiger partial charge in [0.25, 0.3) is 0 Å². The Morgan fingerprint density at radius 2 is 1.16 bits per heavy atom. The highest BCUT2D eigenvalue weighted by molar-refractivity contribution is 6.08. The Morgan fingerprint density at radius 3 is 1.58 bits per heavy atom. The van der Waals surface area contributed by atoms with Crippen LogP contribution in [0.4, 0.5) is 0 Å². The van der Waals surface area contributed by atoms with Gasteiger partial charge in [0.15, 0.2) is 0 Å². The zero-order valence-electron chi connectivity index (χ0n) is 10.7. The molecule has 0 bridgehead atoms. The monoisotopic (exact) mass is 252 g/mol. The minimum Gasteiger partial charge on any atom is -0.386 e. The summed E-state index contributed by atoms with van der Waals surface area (Å²) in [5, 5.41) is 2.49. The zero-order chi connectivity index (χ0) is 13.6. The standard InChI is InChI=1S/C16H12O3/c1-9-5-3-7-11-13(9)14-10(2)6-4-8-12(14)16(18)19-15(11)17/h3-8H,1-2H3. The van der Waals surface area contributed by atoms with Gasteiger partial charge in [-0.2, -0.15) is 0 Å². The second-order valence-electron chi connectivity index (χ2n) is 4.67. The van der Waals surface area contributed by atoms with Crippen molar-refractivity contribution in [1.82, 2.24) is 0 Å². The molecule has 0 saturated carbocycles. The molecule has 19 heavy (non-hydrogen) atoms. The van der Waals surface area contributed by atoms with Gasteiger partial charge in [-0.25, -0.2) is 9.59 Å². The van der Waals surface area contributed by atoms with Crippen LogP contribution in [-0.2, 0) is 0 Å². The van der Waals surface area contributed by atoms with Crippen LogP contribution in [0.1, 0.15) is 11.1 Å². The van der Waals surface area contributed by atoms with Crippen molar-refractivity contribution in [2.24, 2.45) is 0 Å². The van der Waals surface area contributed by atoms with Gasteiger partial charge in [-0.05, 0) is 37.1 Å². The molecule has 0 radical (unpaired) electrons. The van der Waals surface area contributed by atoms with Gasteiger partial charge >= 0.3 is 11.3 Å². The minimum atomic E-state index is -0.584. The van der Waals surface area contributed by atoms with E-state index in [-0.39, 0.29) is 0 Å². The van der Waals surface area contributed by atoms with Crippen molar-refractivity contribution in [3.05, 3.63) is 68.4 Å². The zero-order valence-corrected chi connectivity index (χ0v) is 10.7. The molecular formula is C16H12O3. The average molecular weight is 252 g/mol. The summed E-state index contributed by atoms with van der Waals surface area (Å²) in [5.41, 5.74) is 0.748. The van der Waals surface area contributed by atoms with Crippen molar-refractivity contribution in [2.45, 2.75) is 13.8 Å². The Hall–Kier alpha value is -2.42. The lowest BCUT2D eigenvalue weighted by molar-refractivity contribution is 0.491. The number of rotatable bonds is 0. The third kappa shape index (κ3) is 1.66. The lowest BCUT2D eigenvalue weighted by atomic mass is 9.99. The highest BCUT2D eigenvalue weighted by Gasteiger charge is 2.10. The van der Waals surface area contributed by atoms with E-state index < -0.39 is 11.3 Å². The maximum absolute atomic E-state index is 12.0. The van der Waals surface area contributed by atoms with E-state index in [1.165, 1.54) is 0 Å². The Kier molecular flexibility index (Phi) is 2.49. The van der Waals surface area contributed by atoms with Crippen LogP contribution in [-0.4, -0.2) is 0 Å². The fraction of sp³-hybridized carbons (Fsp3) is 0.125. The number of aryl methyl sites for hydroxylation is 2. The molecule has 0 spiro atoms. The lowest BCUT2D eigenvalue weighted by Crippen LogP contribution is -2.04. The normalized spacial score (nSPS) is 11.1. The second kappa shape index (κ2) is 4.05. The molecule has 0 aliphatic rings. The smallest absolute Gasteiger partial charge is 0.346 e. The minimum absolute atomic E-state index is 0.446. The molecule has 0 fully saturated rings. The Balaban J connectivity index is 2.89. The highest BCUT2D eigenvalue weighted by Crippen LogP contribution is 2.25. The molecule has 3 rings (SSSR count). The molecule has 3 heteroatoms. The topological polar surface area (TPSA) is 47.3 Å². The van der Waals surface area contributed by atoms with E-state index >= 15 is 0 Å². The van der Waals surface area contributed by atoms with Crippen LogP contribution >= 0.6 is 0 Å². The summed E-state index contributed by atoms with van der Waals surface area (Å²) < 4.78 is 4.90. The summed E-state index contributed by atoms with van der Waals surface area (Å²) in [4.78, 5) is 24.0. The van der Waals surface area contributed by atoms with Gasteiger partial charge in [0, 0.05) is 10.8 Å². The fourth-order valence-electron chi connectivity index (χ4n) is 2.53. The highest BCUT2D eigenvalue weighted by atomic mass is 16.4. The molecule has 0 saturated heterocycles. The lowest BCUT2D eigenvalue weighted by Gasteiger charge is -2.03. The Labute approximate surface area is 109 Å². The first-order chi connectivity index (χ1) is 9.09. The number of benzene rings is 2. The van der Waals surface area contributed by atoms with E-state index in [9.17, 15) is 9.59 Å². The van der Waals surface area contributed by atoms with E-state index in [4.69, 9.17) is 4.42 Å². The number of hydrogen-bond donors (Lipinski definition) is 0. The van der Waals surface area contributed by atoms with Crippen LogP contribution in [0.2, 0.25) is 0 Å². The molecule has 1 heterocycles. The first kappa shape index (κ1) is 11.7. The van der Waals surface area contributed by atoms with Crippen molar-refractivity contribution >= 4 is 21.5 Å². The Morgan fingerprint density at radius 1 is 0.737 bits per heavy atom. The molecule has 0 unspecified atom stereocenters. The molecule has 94 valence electrons. The number of fused-ring (bicyclic) bond motifs is 3. The van der Waals surface area contributed by atoms with Gasteiger partial charge < -0.3 is 4.42 Å². The summed E-state index contributed by atoms with van der Waals surface area (Å²) in [7, 11) is 0. The summed E-state index contributed by atoms with van der Waals surface area (Å²) >= 11 is 0. The van der Waals surface area contributed by atoms with E-state index in [1.807, 2.05) is 26.0 Å². The second-order valence-corrected chi connectivity index (χ2v) is 4.67. The van der Waals surface area contributed by atoms with E-state index in [1.54, 1.807) is 24.3 Å². The molecule has 2 aromatic carbocycles. The maximum Gasteiger partial charge on any atom is 0.346 e. The van der Waals surface area contributed by atoms with Gasteiger partial charge in [0.1, 0.15) is 0 Å². The predicted octanol–water partition coefficient (Wildman–Crippen LogP) is 2.92. The summed E-state index contributed by atoms with van der Waals surface area (Å²) in [6.07, 6.45) is 0. The molecular weight excluding hydrogens is 240 g/mol. The van der Waals surface area contributed by atoms with Crippen molar-refractivity contribution in [3.8, 4) is 0 Å². The summed E-state index contributed by atoms with van der Waals surface area (Å²) in [6.45, 7) is 3.86. The van der Waals surface area contributed by atoms with E-state index in [0.717, 1.165) is 21.9 Å². The molecule has 3 nitrogen and oxygen atoms in total. The van der Waals surface area contributed by atoms with E-state index in [0.29, 0.717) is 10.8 Å². The first-order valence-electron chi connectivity index (χ1n) is 6.05. The van der Waals surface area contributed by atoms with Crippen molar-refractivity contribution < 1.29 is 4.42 Å². The van der Waals surface area contributed by atoms with Crippen LogP contribution in [0.25, 0.3) is 21.5 Å². The third-order valence-electron chi connectivity index (χ3n) is 3.42. The fourth-order valence-corrected chi connectivity index (χ4v) is 2.53. The largest absolute Gasteiger partial charge is 0.386 e. The van der Waals surface area contributed by atoms with Gasteiger partial charge in [-0.3, -0.25) is 0 Å². The number of hydrogen-bond acceptors (Lipinski definition) is 3. The summed E-state index contributed by atoms with van der Waals surface area (Å²) in [6, 6.07) is 10.8. The Bertz CT molecular complexity index is 845. The van der Waals surface area contributed by atoms with Crippen molar-refractivity contribution in [2.75, 3.05) is 0 Å². The molecule has 0 amide bonds. The molecule has 0 aliphatic heterocycles. The quantitative estimate of drug-likeness (QED) is 0.618.